The third kappa shape index (κ3) is 3.39. The molecule has 8 heteroatoms. The van der Waals surface area contributed by atoms with Crippen molar-refractivity contribution in [1.29, 1.82) is 0 Å². The van der Waals surface area contributed by atoms with Crippen molar-refractivity contribution in [2.45, 2.75) is 13.5 Å². The number of methoxy groups -OCH3 is 1. The van der Waals surface area contributed by atoms with Gasteiger partial charge in [-0.05, 0) is 19.1 Å². The maximum absolute atomic E-state index is 12.1. The average molecular weight is 361 g/mol. The molecule has 0 saturated carbocycles. The first-order valence-corrected chi connectivity index (χ1v) is 8.88. The van der Waals surface area contributed by atoms with Crippen molar-refractivity contribution >= 4 is 33.7 Å². The van der Waals surface area contributed by atoms with Crippen LogP contribution in [0.2, 0.25) is 0 Å². The predicted molar refractivity (Wildman–Crippen MR) is 96.0 cm³/mol. The third-order valence-electron chi connectivity index (χ3n) is 3.41. The molecule has 124 valence electrons. The van der Waals surface area contributed by atoms with Crippen molar-refractivity contribution < 1.29 is 9.53 Å². The fraction of sp³-hybridized carbons (Fsp3) is 0.188. The average Bonchev–Trinajstić information content (AvgIpc) is 3.16. The van der Waals surface area contributed by atoms with E-state index in [1.54, 1.807) is 19.4 Å². The molecule has 1 aromatic carbocycles. The molecule has 0 fully saturated rings. The molecule has 0 bridgehead atoms. The lowest BCUT2D eigenvalue weighted by Gasteiger charge is -2.05. The molecule has 6 nitrogen and oxygen atoms in total. The van der Waals surface area contributed by atoms with Crippen molar-refractivity contribution in [3.05, 3.63) is 50.4 Å². The second-order valence-electron chi connectivity index (χ2n) is 5.02. The Hall–Kier alpha value is -2.45. The SMILES string of the molecule is COc1ccccc1-c1csc(NC(=O)Cn2c(C)csc2=O)n1. The summed E-state index contributed by atoms with van der Waals surface area (Å²) in [6.07, 6.45) is 0. The number of hydrogen-bond acceptors (Lipinski definition) is 6. The summed E-state index contributed by atoms with van der Waals surface area (Å²) in [6.45, 7) is 1.78. The molecular formula is C16H15N3O3S2. The Kier molecular flexibility index (Phi) is 4.77. The van der Waals surface area contributed by atoms with Crippen LogP contribution >= 0.6 is 22.7 Å². The predicted octanol–water partition coefficient (Wildman–Crippen LogP) is 2.99. The van der Waals surface area contributed by atoms with E-state index in [-0.39, 0.29) is 17.3 Å². The monoisotopic (exact) mass is 361 g/mol. The number of aryl methyl sites for hydroxylation is 1. The Labute approximate surface area is 146 Å². The lowest BCUT2D eigenvalue weighted by Crippen LogP contribution is -2.25. The zero-order valence-corrected chi connectivity index (χ0v) is 14.7. The number of para-hydroxylation sites is 1. The summed E-state index contributed by atoms with van der Waals surface area (Å²) in [6, 6.07) is 7.56. The number of ether oxygens (including phenoxy) is 1. The maximum Gasteiger partial charge on any atom is 0.307 e. The van der Waals surface area contributed by atoms with Gasteiger partial charge >= 0.3 is 4.87 Å². The van der Waals surface area contributed by atoms with E-state index < -0.39 is 0 Å². The standard InChI is InChI=1S/C16H15N3O3S2/c1-10-8-24-16(21)19(10)7-14(20)18-15-17-12(9-23-15)11-5-3-4-6-13(11)22-2/h3-6,8-9H,7H2,1-2H3,(H,17,18,20). The summed E-state index contributed by atoms with van der Waals surface area (Å²) in [5, 5.41) is 6.81. The molecule has 0 radical (unpaired) electrons. The fourth-order valence-corrected chi connectivity index (χ4v) is 3.67. The number of rotatable bonds is 5. The molecule has 2 heterocycles. The van der Waals surface area contributed by atoms with Gasteiger partial charge < -0.3 is 10.1 Å². The van der Waals surface area contributed by atoms with Gasteiger partial charge in [0, 0.05) is 22.0 Å². The van der Waals surface area contributed by atoms with Crippen molar-refractivity contribution in [2.75, 3.05) is 12.4 Å². The summed E-state index contributed by atoms with van der Waals surface area (Å²) >= 11 is 2.41. The van der Waals surface area contributed by atoms with Gasteiger partial charge in [0.2, 0.25) is 5.91 Å². The largest absolute Gasteiger partial charge is 0.496 e. The van der Waals surface area contributed by atoms with Gasteiger partial charge in [-0.25, -0.2) is 4.98 Å². The highest BCUT2D eigenvalue weighted by molar-refractivity contribution is 7.14. The van der Waals surface area contributed by atoms with Gasteiger partial charge in [0.1, 0.15) is 12.3 Å². The number of carbonyl (C=O) groups is 1. The topological polar surface area (TPSA) is 73.2 Å². The molecule has 1 N–H and O–H groups in total. The van der Waals surface area contributed by atoms with Gasteiger partial charge in [0.25, 0.3) is 0 Å². The molecule has 0 aliphatic rings. The zero-order chi connectivity index (χ0) is 17.1. The van der Waals surface area contributed by atoms with Crippen molar-refractivity contribution in [2.24, 2.45) is 0 Å². The van der Waals surface area contributed by atoms with Crippen LogP contribution in [-0.2, 0) is 11.3 Å². The van der Waals surface area contributed by atoms with Gasteiger partial charge in [-0.1, -0.05) is 23.5 Å². The fourth-order valence-electron chi connectivity index (χ4n) is 2.21. The van der Waals surface area contributed by atoms with Crippen LogP contribution < -0.4 is 14.9 Å². The van der Waals surface area contributed by atoms with E-state index >= 15 is 0 Å². The van der Waals surface area contributed by atoms with Crippen LogP contribution in [0.15, 0.2) is 39.8 Å². The molecule has 0 spiro atoms. The number of anilines is 1. The molecule has 24 heavy (non-hydrogen) atoms. The van der Waals surface area contributed by atoms with Crippen LogP contribution in [0, 0.1) is 6.92 Å². The van der Waals surface area contributed by atoms with Crippen LogP contribution in [0.1, 0.15) is 5.69 Å². The molecule has 0 aliphatic heterocycles. The Bertz CT molecular complexity index is 927. The summed E-state index contributed by atoms with van der Waals surface area (Å²) in [5.74, 6) is 0.445. The number of nitrogens with one attached hydrogen (secondary N) is 1. The number of carbonyl (C=O) groups excluding carboxylic acids is 1. The molecule has 3 rings (SSSR count). The van der Waals surface area contributed by atoms with E-state index in [4.69, 9.17) is 4.74 Å². The van der Waals surface area contributed by atoms with Crippen LogP contribution in [0.25, 0.3) is 11.3 Å². The molecule has 0 unspecified atom stereocenters. The molecule has 2 aromatic heterocycles. The maximum atomic E-state index is 12.1. The van der Waals surface area contributed by atoms with Gasteiger partial charge in [0.05, 0.1) is 12.8 Å². The van der Waals surface area contributed by atoms with Crippen LogP contribution in [-0.4, -0.2) is 22.6 Å². The lowest BCUT2D eigenvalue weighted by atomic mass is 10.1. The Balaban J connectivity index is 1.74. The molecule has 0 aliphatic carbocycles. The molecule has 0 atom stereocenters. The Morgan fingerprint density at radius 3 is 2.79 bits per heavy atom. The van der Waals surface area contributed by atoms with Gasteiger partial charge in [-0.3, -0.25) is 14.2 Å². The second kappa shape index (κ2) is 6.98. The number of hydrogen-bond donors (Lipinski definition) is 1. The first-order chi connectivity index (χ1) is 11.6. The minimum atomic E-state index is -0.278. The molecule has 1 amide bonds. The van der Waals surface area contributed by atoms with E-state index in [1.165, 1.54) is 15.9 Å². The summed E-state index contributed by atoms with van der Waals surface area (Å²) < 4.78 is 6.77. The minimum Gasteiger partial charge on any atom is -0.496 e. The van der Waals surface area contributed by atoms with E-state index in [2.05, 4.69) is 10.3 Å². The summed E-state index contributed by atoms with van der Waals surface area (Å²) in [5.41, 5.74) is 2.37. The highest BCUT2D eigenvalue weighted by Crippen LogP contribution is 2.31. The molecule has 0 saturated heterocycles. The van der Waals surface area contributed by atoms with Gasteiger partial charge in [0.15, 0.2) is 5.13 Å². The number of thiazole rings is 2. The number of benzene rings is 1. The highest BCUT2D eigenvalue weighted by Gasteiger charge is 2.13. The normalized spacial score (nSPS) is 10.6. The van der Waals surface area contributed by atoms with Gasteiger partial charge in [-0.2, -0.15) is 0 Å². The first kappa shape index (κ1) is 16.4. The van der Waals surface area contributed by atoms with E-state index in [0.717, 1.165) is 34.0 Å². The number of amides is 1. The zero-order valence-electron chi connectivity index (χ0n) is 13.1. The molecular weight excluding hydrogens is 346 g/mol. The van der Waals surface area contributed by atoms with Gasteiger partial charge in [-0.15, -0.1) is 11.3 Å². The van der Waals surface area contributed by atoms with Crippen molar-refractivity contribution in [1.82, 2.24) is 9.55 Å². The number of aromatic nitrogens is 2. The van der Waals surface area contributed by atoms with Crippen molar-refractivity contribution in [3.8, 4) is 17.0 Å². The van der Waals surface area contributed by atoms with Crippen molar-refractivity contribution in [3.63, 3.8) is 0 Å². The second-order valence-corrected chi connectivity index (χ2v) is 6.69. The highest BCUT2D eigenvalue weighted by atomic mass is 32.1. The molecule has 3 aromatic rings. The van der Waals surface area contributed by atoms with E-state index in [0.29, 0.717) is 5.13 Å². The van der Waals surface area contributed by atoms with Crippen LogP contribution in [0.4, 0.5) is 5.13 Å². The lowest BCUT2D eigenvalue weighted by molar-refractivity contribution is -0.116. The first-order valence-electron chi connectivity index (χ1n) is 7.12. The van der Waals surface area contributed by atoms with E-state index in [1.807, 2.05) is 29.6 Å². The summed E-state index contributed by atoms with van der Waals surface area (Å²) in [4.78, 5) is 28.1. The van der Waals surface area contributed by atoms with E-state index in [9.17, 15) is 9.59 Å². The minimum absolute atomic E-state index is 0.0161. The quantitative estimate of drug-likeness (QED) is 0.758. The van der Waals surface area contributed by atoms with Crippen LogP contribution in [0.5, 0.6) is 5.75 Å². The smallest absolute Gasteiger partial charge is 0.307 e. The Morgan fingerprint density at radius 1 is 1.29 bits per heavy atom. The summed E-state index contributed by atoms with van der Waals surface area (Å²) in [7, 11) is 1.61. The number of nitrogens with zero attached hydrogens (tertiary/aromatic N) is 2. The van der Waals surface area contributed by atoms with Crippen LogP contribution in [0.3, 0.4) is 0 Å². The Morgan fingerprint density at radius 2 is 2.08 bits per heavy atom. The third-order valence-corrected chi connectivity index (χ3v) is 5.05.